The lowest BCUT2D eigenvalue weighted by Gasteiger charge is -2.10. The average Bonchev–Trinajstić information content (AvgIpc) is 2.37. The molecule has 0 heterocycles. The number of halogens is 1. The molecule has 21 heavy (non-hydrogen) atoms. The summed E-state index contributed by atoms with van der Waals surface area (Å²) in [5.41, 5.74) is 0.0356. The normalized spacial score (nSPS) is 14.5. The van der Waals surface area contributed by atoms with Gasteiger partial charge in [-0.1, -0.05) is 18.5 Å². The third-order valence-corrected chi connectivity index (χ3v) is 5.52. The maximum Gasteiger partial charge on any atom is 0.252 e. The second kappa shape index (κ2) is 7.35. The highest BCUT2D eigenvalue weighted by Gasteiger charge is 2.16. The molecule has 1 aromatic rings. The topological polar surface area (TPSA) is 106 Å². The van der Waals surface area contributed by atoms with Crippen LogP contribution in [0.1, 0.15) is 23.7 Å². The minimum atomic E-state index is -3.90. The number of primary sulfonamides is 1. The van der Waals surface area contributed by atoms with Crippen LogP contribution in [0.25, 0.3) is 0 Å². The van der Waals surface area contributed by atoms with Crippen molar-refractivity contribution in [3.05, 3.63) is 28.8 Å². The van der Waals surface area contributed by atoms with E-state index in [1.165, 1.54) is 12.1 Å². The Morgan fingerprint density at radius 2 is 2.10 bits per heavy atom. The molecule has 1 amide bonds. The Kier molecular flexibility index (Phi) is 6.33. The van der Waals surface area contributed by atoms with E-state index in [1.807, 2.05) is 6.92 Å². The lowest BCUT2D eigenvalue weighted by Crippen LogP contribution is -2.28. The molecule has 2 atom stereocenters. The molecule has 6 nitrogen and oxygen atoms in total. The number of benzene rings is 1. The van der Waals surface area contributed by atoms with Crippen LogP contribution in [0.4, 0.5) is 0 Å². The SMILES string of the molecule is CC(CCNC(=O)c1cc(S(N)(=O)=O)ccc1Cl)S(C)=O. The van der Waals surface area contributed by atoms with Crippen LogP contribution in [0, 0.1) is 0 Å². The fourth-order valence-electron chi connectivity index (χ4n) is 1.51. The highest BCUT2D eigenvalue weighted by atomic mass is 35.5. The molecule has 1 aromatic carbocycles. The highest BCUT2D eigenvalue weighted by molar-refractivity contribution is 7.89. The number of carbonyl (C=O) groups is 1. The Balaban J connectivity index is 2.81. The van der Waals surface area contributed by atoms with Crippen LogP contribution in [-0.2, 0) is 20.8 Å². The van der Waals surface area contributed by atoms with Crippen LogP contribution < -0.4 is 10.5 Å². The summed E-state index contributed by atoms with van der Waals surface area (Å²) in [7, 11) is -4.86. The zero-order chi connectivity index (χ0) is 16.2. The number of sulfonamides is 1. The first-order valence-electron chi connectivity index (χ1n) is 6.05. The van der Waals surface area contributed by atoms with Crippen molar-refractivity contribution >= 4 is 38.3 Å². The zero-order valence-corrected chi connectivity index (χ0v) is 14.0. The Bertz CT molecular complexity index is 661. The van der Waals surface area contributed by atoms with E-state index in [4.69, 9.17) is 16.7 Å². The summed E-state index contributed by atoms with van der Waals surface area (Å²) in [6.07, 6.45) is 2.14. The van der Waals surface area contributed by atoms with Gasteiger partial charge < -0.3 is 5.32 Å². The van der Waals surface area contributed by atoms with Crippen LogP contribution in [0.3, 0.4) is 0 Å². The zero-order valence-electron chi connectivity index (χ0n) is 11.6. The minimum Gasteiger partial charge on any atom is -0.352 e. The van der Waals surface area contributed by atoms with Gasteiger partial charge in [-0.05, 0) is 24.6 Å². The van der Waals surface area contributed by atoms with Gasteiger partial charge in [0.15, 0.2) is 0 Å². The van der Waals surface area contributed by atoms with Crippen LogP contribution >= 0.6 is 11.6 Å². The summed E-state index contributed by atoms with van der Waals surface area (Å²) in [4.78, 5) is 11.8. The van der Waals surface area contributed by atoms with E-state index in [2.05, 4.69) is 5.32 Å². The van der Waals surface area contributed by atoms with E-state index in [0.717, 1.165) is 6.07 Å². The molecule has 0 aliphatic carbocycles. The first-order chi connectivity index (χ1) is 9.62. The van der Waals surface area contributed by atoms with Crippen LogP contribution in [0.2, 0.25) is 5.02 Å². The fraction of sp³-hybridized carbons (Fsp3) is 0.417. The summed E-state index contributed by atoms with van der Waals surface area (Å²) >= 11 is 5.89. The largest absolute Gasteiger partial charge is 0.352 e. The highest BCUT2D eigenvalue weighted by Crippen LogP contribution is 2.19. The lowest BCUT2D eigenvalue weighted by molar-refractivity contribution is 0.0953. The molecule has 9 heteroatoms. The van der Waals surface area contributed by atoms with Gasteiger partial charge in [0.05, 0.1) is 15.5 Å². The smallest absolute Gasteiger partial charge is 0.252 e. The van der Waals surface area contributed by atoms with E-state index < -0.39 is 26.7 Å². The minimum absolute atomic E-state index is 0.0356. The molecular formula is C12H17ClN2O4S2. The quantitative estimate of drug-likeness (QED) is 0.792. The van der Waals surface area contributed by atoms with Crippen molar-refractivity contribution in [1.82, 2.24) is 5.32 Å². The van der Waals surface area contributed by atoms with Crippen molar-refractivity contribution in [2.45, 2.75) is 23.5 Å². The van der Waals surface area contributed by atoms with E-state index in [0.29, 0.717) is 13.0 Å². The molecule has 0 spiro atoms. The molecule has 0 bridgehead atoms. The number of nitrogens with one attached hydrogen (secondary N) is 1. The molecule has 0 aromatic heterocycles. The predicted molar refractivity (Wildman–Crippen MR) is 83.3 cm³/mol. The summed E-state index contributed by atoms with van der Waals surface area (Å²) in [6.45, 7) is 2.13. The first-order valence-corrected chi connectivity index (χ1v) is 9.60. The van der Waals surface area contributed by atoms with E-state index in [1.54, 1.807) is 6.26 Å². The summed E-state index contributed by atoms with van der Waals surface area (Å²) in [5.74, 6) is -0.500. The third-order valence-electron chi connectivity index (χ3n) is 2.91. The molecule has 3 N–H and O–H groups in total. The van der Waals surface area contributed by atoms with Gasteiger partial charge in [0, 0.05) is 28.9 Å². The lowest BCUT2D eigenvalue weighted by atomic mass is 10.2. The summed E-state index contributed by atoms with van der Waals surface area (Å²) < 4.78 is 33.7. The predicted octanol–water partition coefficient (Wildman–Crippen LogP) is 0.874. The Morgan fingerprint density at radius 1 is 1.48 bits per heavy atom. The van der Waals surface area contributed by atoms with Gasteiger partial charge in [-0.15, -0.1) is 0 Å². The first kappa shape index (κ1) is 18.1. The summed E-state index contributed by atoms with van der Waals surface area (Å²) in [5, 5.41) is 7.71. The molecule has 0 fully saturated rings. The van der Waals surface area contributed by atoms with Crippen LogP contribution in [-0.4, -0.2) is 36.6 Å². The Labute approximate surface area is 131 Å². The molecule has 2 unspecified atom stereocenters. The van der Waals surface area contributed by atoms with Crippen LogP contribution in [0.5, 0.6) is 0 Å². The molecular weight excluding hydrogens is 336 g/mol. The van der Waals surface area contributed by atoms with Crippen molar-refractivity contribution in [1.29, 1.82) is 0 Å². The number of hydrogen-bond acceptors (Lipinski definition) is 4. The monoisotopic (exact) mass is 352 g/mol. The van der Waals surface area contributed by atoms with Gasteiger partial charge in [0.1, 0.15) is 0 Å². The second-order valence-electron chi connectivity index (χ2n) is 4.54. The average molecular weight is 353 g/mol. The fourth-order valence-corrected chi connectivity index (χ4v) is 2.70. The molecule has 118 valence electrons. The van der Waals surface area contributed by atoms with E-state index >= 15 is 0 Å². The second-order valence-corrected chi connectivity index (χ2v) is 8.31. The van der Waals surface area contributed by atoms with E-state index in [-0.39, 0.29) is 20.7 Å². The number of nitrogens with two attached hydrogens (primary N) is 1. The number of rotatable bonds is 6. The van der Waals surface area contributed by atoms with Crippen molar-refractivity contribution in [3.8, 4) is 0 Å². The molecule has 0 saturated heterocycles. The van der Waals surface area contributed by atoms with Crippen molar-refractivity contribution in [2.75, 3.05) is 12.8 Å². The third kappa shape index (κ3) is 5.39. The summed E-state index contributed by atoms with van der Waals surface area (Å²) in [6, 6.07) is 3.67. The Morgan fingerprint density at radius 3 is 2.62 bits per heavy atom. The number of amides is 1. The van der Waals surface area contributed by atoms with Crippen molar-refractivity contribution < 1.29 is 17.4 Å². The Hall–Kier alpha value is -0.960. The van der Waals surface area contributed by atoms with Gasteiger partial charge in [-0.25, -0.2) is 13.6 Å². The van der Waals surface area contributed by atoms with Crippen molar-refractivity contribution in [2.24, 2.45) is 5.14 Å². The van der Waals surface area contributed by atoms with Gasteiger partial charge in [0.25, 0.3) is 5.91 Å². The number of hydrogen-bond donors (Lipinski definition) is 2. The maximum atomic E-state index is 12.0. The standard InChI is InChI=1S/C12H17ClN2O4S2/c1-8(20(2)17)5-6-15-12(16)10-7-9(21(14,18)19)3-4-11(10)13/h3-4,7-8H,5-6H2,1-2H3,(H,15,16)(H2,14,18,19). The van der Waals surface area contributed by atoms with Crippen LogP contribution in [0.15, 0.2) is 23.1 Å². The van der Waals surface area contributed by atoms with Crippen molar-refractivity contribution in [3.63, 3.8) is 0 Å². The van der Waals surface area contributed by atoms with Gasteiger partial charge in [0.2, 0.25) is 10.0 Å². The molecule has 0 radical (unpaired) electrons. The molecule has 0 aliphatic rings. The maximum absolute atomic E-state index is 12.0. The number of carbonyl (C=O) groups excluding carboxylic acids is 1. The molecule has 0 saturated carbocycles. The van der Waals surface area contributed by atoms with Gasteiger partial charge >= 0.3 is 0 Å². The molecule has 0 aliphatic heterocycles. The van der Waals surface area contributed by atoms with Gasteiger partial charge in [-0.3, -0.25) is 9.00 Å². The molecule has 1 rings (SSSR count). The van der Waals surface area contributed by atoms with Gasteiger partial charge in [-0.2, -0.15) is 0 Å². The van der Waals surface area contributed by atoms with E-state index in [9.17, 15) is 17.4 Å².